The Labute approximate surface area is 187 Å². The number of H-pyrrole nitrogens is 1. The van der Waals surface area contributed by atoms with Gasteiger partial charge < -0.3 is 20.8 Å². The van der Waals surface area contributed by atoms with Crippen LogP contribution in [0.4, 0.5) is 18.9 Å². The Morgan fingerprint density at radius 3 is 2.73 bits per heavy atom. The fourth-order valence-corrected chi connectivity index (χ4v) is 2.92. The Kier molecular flexibility index (Phi) is 7.10. The first-order chi connectivity index (χ1) is 15.7. The number of aliphatic hydroxyl groups is 1. The molecular weight excluding hydrogens is 433 g/mol. The number of benzene rings is 2. The third-order valence-corrected chi connectivity index (χ3v) is 4.62. The molecule has 0 bridgehead atoms. The molecule has 0 atom stereocenters. The van der Waals surface area contributed by atoms with Gasteiger partial charge in [-0.15, -0.1) is 0 Å². The van der Waals surface area contributed by atoms with Gasteiger partial charge in [0.05, 0.1) is 18.4 Å². The van der Waals surface area contributed by atoms with Crippen LogP contribution in [0.15, 0.2) is 48.7 Å². The number of aromatic amines is 1. The maximum absolute atomic E-state index is 13.2. The predicted molar refractivity (Wildman–Crippen MR) is 119 cm³/mol. The molecule has 9 heteroatoms. The predicted octanol–water partition coefficient (Wildman–Crippen LogP) is 4.54. The highest BCUT2D eigenvalue weighted by molar-refractivity contribution is 6.04. The standard InChI is InChI=1S/C24H19F3N4O2/c1-15-4-5-17(11-16(15)6-9-20-13-29-22(30-20)3-2-10-28)23(33)31-19-8-7-18(14-32)21(12-19)24(25,26)27/h2-5,7-8,10-13,28,32H,14H2,1H3,(H,29,30)(H,31,33)/b3-2-,28-10?. The van der Waals surface area contributed by atoms with Gasteiger partial charge in [-0.2, -0.15) is 13.2 Å². The Bertz CT molecular complexity index is 1280. The van der Waals surface area contributed by atoms with Crippen LogP contribution in [-0.2, 0) is 12.8 Å². The Hall–Kier alpha value is -4.16. The molecule has 0 fully saturated rings. The van der Waals surface area contributed by atoms with Gasteiger partial charge in [0.15, 0.2) is 0 Å². The maximum Gasteiger partial charge on any atom is 0.416 e. The largest absolute Gasteiger partial charge is 0.416 e. The molecule has 0 aliphatic heterocycles. The molecule has 0 saturated heterocycles. The number of nitrogens with zero attached hydrogens (tertiary/aromatic N) is 1. The van der Waals surface area contributed by atoms with Crippen molar-refractivity contribution >= 4 is 23.9 Å². The average molecular weight is 452 g/mol. The number of carbonyl (C=O) groups excluding carboxylic acids is 1. The summed E-state index contributed by atoms with van der Waals surface area (Å²) in [4.78, 5) is 19.7. The van der Waals surface area contributed by atoms with E-state index in [1.807, 2.05) is 6.92 Å². The van der Waals surface area contributed by atoms with E-state index in [4.69, 9.17) is 10.5 Å². The van der Waals surface area contributed by atoms with E-state index in [0.29, 0.717) is 17.1 Å². The molecule has 4 N–H and O–H groups in total. The number of allylic oxidation sites excluding steroid dienone is 1. The van der Waals surface area contributed by atoms with Crippen LogP contribution >= 0.6 is 0 Å². The number of hydrogen-bond acceptors (Lipinski definition) is 4. The molecule has 1 heterocycles. The van der Waals surface area contributed by atoms with Crippen molar-refractivity contribution < 1.29 is 23.1 Å². The van der Waals surface area contributed by atoms with Crippen molar-refractivity contribution in [3.05, 3.63) is 88.0 Å². The van der Waals surface area contributed by atoms with Crippen LogP contribution in [0.1, 0.15) is 44.1 Å². The van der Waals surface area contributed by atoms with Crippen molar-refractivity contribution in [2.24, 2.45) is 0 Å². The van der Waals surface area contributed by atoms with Crippen molar-refractivity contribution in [3.8, 4) is 11.8 Å². The molecule has 0 saturated carbocycles. The molecule has 0 unspecified atom stereocenters. The minimum absolute atomic E-state index is 0.0410. The van der Waals surface area contributed by atoms with E-state index in [1.54, 1.807) is 24.3 Å². The van der Waals surface area contributed by atoms with Crippen LogP contribution < -0.4 is 5.32 Å². The molecule has 1 amide bonds. The Morgan fingerprint density at radius 2 is 2.03 bits per heavy atom. The van der Waals surface area contributed by atoms with Gasteiger partial charge in [-0.3, -0.25) is 4.79 Å². The van der Waals surface area contributed by atoms with E-state index in [-0.39, 0.29) is 16.8 Å². The van der Waals surface area contributed by atoms with Gasteiger partial charge in [-0.05, 0) is 60.4 Å². The summed E-state index contributed by atoms with van der Waals surface area (Å²) < 4.78 is 39.6. The zero-order chi connectivity index (χ0) is 24.0. The highest BCUT2D eigenvalue weighted by Crippen LogP contribution is 2.34. The van der Waals surface area contributed by atoms with Gasteiger partial charge in [0, 0.05) is 23.0 Å². The lowest BCUT2D eigenvalue weighted by Crippen LogP contribution is -2.15. The molecule has 3 aromatic rings. The Morgan fingerprint density at radius 1 is 1.24 bits per heavy atom. The molecule has 0 radical (unpaired) electrons. The average Bonchev–Trinajstić information content (AvgIpc) is 3.24. The first-order valence-corrected chi connectivity index (χ1v) is 9.68. The van der Waals surface area contributed by atoms with Gasteiger partial charge in [0.2, 0.25) is 0 Å². The van der Waals surface area contributed by atoms with E-state index >= 15 is 0 Å². The van der Waals surface area contributed by atoms with E-state index in [0.717, 1.165) is 23.9 Å². The van der Waals surface area contributed by atoms with Gasteiger partial charge >= 0.3 is 6.18 Å². The summed E-state index contributed by atoms with van der Waals surface area (Å²) >= 11 is 0. The van der Waals surface area contributed by atoms with Crippen molar-refractivity contribution in [1.82, 2.24) is 9.97 Å². The lowest BCUT2D eigenvalue weighted by atomic mass is 10.0. The molecule has 1 aromatic heterocycles. The summed E-state index contributed by atoms with van der Waals surface area (Å²) in [7, 11) is 0. The van der Waals surface area contributed by atoms with E-state index in [1.165, 1.54) is 18.3 Å². The first kappa shape index (κ1) is 23.5. The highest BCUT2D eigenvalue weighted by atomic mass is 19.4. The Balaban J connectivity index is 1.82. The number of aryl methyl sites for hydroxylation is 1. The third kappa shape index (κ3) is 5.96. The van der Waals surface area contributed by atoms with Crippen LogP contribution in [0.2, 0.25) is 0 Å². The number of alkyl halides is 3. The summed E-state index contributed by atoms with van der Waals surface area (Å²) in [6, 6.07) is 8.02. The minimum atomic E-state index is -4.66. The second-order valence-corrected chi connectivity index (χ2v) is 6.97. The van der Waals surface area contributed by atoms with Crippen LogP contribution in [0.5, 0.6) is 0 Å². The van der Waals surface area contributed by atoms with E-state index in [2.05, 4.69) is 27.1 Å². The number of aromatic nitrogens is 2. The monoisotopic (exact) mass is 452 g/mol. The van der Waals surface area contributed by atoms with Gasteiger partial charge in [-0.1, -0.05) is 18.1 Å². The molecule has 3 rings (SSSR count). The van der Waals surface area contributed by atoms with Crippen molar-refractivity contribution in [2.45, 2.75) is 19.7 Å². The number of rotatable bonds is 5. The molecule has 0 aliphatic carbocycles. The molecule has 2 aromatic carbocycles. The van der Waals surface area contributed by atoms with Crippen LogP contribution in [0.25, 0.3) is 6.08 Å². The van der Waals surface area contributed by atoms with Crippen molar-refractivity contribution in [1.29, 1.82) is 5.41 Å². The quantitative estimate of drug-likeness (QED) is 0.338. The normalized spacial score (nSPS) is 11.2. The lowest BCUT2D eigenvalue weighted by molar-refractivity contribution is -0.138. The molecule has 0 spiro atoms. The summed E-state index contributed by atoms with van der Waals surface area (Å²) in [6.45, 7) is 1.06. The number of imidazole rings is 1. The number of amides is 1. The molecular formula is C24H19F3N4O2. The number of halogens is 3. The van der Waals surface area contributed by atoms with Crippen LogP contribution in [0.3, 0.4) is 0 Å². The zero-order valence-electron chi connectivity index (χ0n) is 17.4. The van der Waals surface area contributed by atoms with Crippen molar-refractivity contribution in [3.63, 3.8) is 0 Å². The fraction of sp³-hybridized carbons (Fsp3) is 0.125. The summed E-state index contributed by atoms with van der Waals surface area (Å²) in [6.07, 6.45) is 1.13. The summed E-state index contributed by atoms with van der Waals surface area (Å²) in [5.74, 6) is 5.81. The van der Waals surface area contributed by atoms with Gasteiger partial charge in [0.1, 0.15) is 11.5 Å². The number of carbonyl (C=O) groups is 1. The third-order valence-electron chi connectivity index (χ3n) is 4.62. The van der Waals surface area contributed by atoms with Gasteiger partial charge in [0.25, 0.3) is 5.91 Å². The maximum atomic E-state index is 13.2. The van der Waals surface area contributed by atoms with E-state index < -0.39 is 24.3 Å². The number of nitrogens with one attached hydrogen (secondary N) is 3. The highest BCUT2D eigenvalue weighted by Gasteiger charge is 2.33. The smallest absolute Gasteiger partial charge is 0.392 e. The lowest BCUT2D eigenvalue weighted by Gasteiger charge is -2.14. The summed E-state index contributed by atoms with van der Waals surface area (Å²) in [5.41, 5.74) is 0.827. The second-order valence-electron chi connectivity index (χ2n) is 6.97. The molecule has 6 nitrogen and oxygen atoms in total. The van der Waals surface area contributed by atoms with E-state index in [9.17, 15) is 18.0 Å². The number of hydrogen-bond donors (Lipinski definition) is 4. The minimum Gasteiger partial charge on any atom is -0.392 e. The molecule has 0 aliphatic rings. The SMILES string of the molecule is Cc1ccc(C(=O)Nc2ccc(CO)c(C(F)(F)F)c2)cc1C#Cc1cnc(/C=C\C=N)[nH]1. The molecule has 33 heavy (non-hydrogen) atoms. The van der Waals surface area contributed by atoms with Crippen LogP contribution in [-0.4, -0.2) is 27.2 Å². The number of anilines is 1. The first-order valence-electron chi connectivity index (χ1n) is 9.68. The fourth-order valence-electron chi connectivity index (χ4n) is 2.92. The molecule has 168 valence electrons. The topological polar surface area (TPSA) is 102 Å². The zero-order valence-corrected chi connectivity index (χ0v) is 17.4. The second kappa shape index (κ2) is 9.97. The van der Waals surface area contributed by atoms with Crippen LogP contribution in [0, 0.1) is 24.2 Å². The van der Waals surface area contributed by atoms with Gasteiger partial charge in [-0.25, -0.2) is 4.98 Å². The number of aliphatic hydroxyl groups excluding tert-OH is 1. The van der Waals surface area contributed by atoms with Crippen molar-refractivity contribution in [2.75, 3.05) is 5.32 Å². The summed E-state index contributed by atoms with van der Waals surface area (Å²) in [5, 5.41) is 18.6.